The van der Waals surface area contributed by atoms with E-state index in [1.54, 1.807) is 0 Å². The predicted octanol–water partition coefficient (Wildman–Crippen LogP) is 1.65. The summed E-state index contributed by atoms with van der Waals surface area (Å²) >= 11 is 4.72. The lowest BCUT2D eigenvalue weighted by atomic mass is 9.96. The highest BCUT2D eigenvalue weighted by Crippen LogP contribution is 2.37. The van der Waals surface area contributed by atoms with E-state index in [4.69, 9.17) is 0 Å². The van der Waals surface area contributed by atoms with Crippen molar-refractivity contribution in [3.8, 4) is 6.07 Å². The van der Waals surface area contributed by atoms with Crippen molar-refractivity contribution in [2.45, 2.75) is 32.2 Å². The second kappa shape index (κ2) is 7.27. The number of imidazole rings is 1. The smallest absolute Gasteiger partial charge is 0.315 e. The Morgan fingerprint density at radius 2 is 2.00 bits per heavy atom. The van der Waals surface area contributed by atoms with Gasteiger partial charge in [-0.2, -0.15) is 5.26 Å². The number of hydrogen-bond acceptors (Lipinski definition) is 6. The number of aryl methyl sites for hydroxylation is 2. The number of thiophene rings is 1. The van der Waals surface area contributed by atoms with E-state index < -0.39 is 11.2 Å². The first kappa shape index (κ1) is 19.6. The molecule has 0 bridgehead atoms. The van der Waals surface area contributed by atoms with Crippen LogP contribution in [0.25, 0.3) is 11.2 Å². The van der Waals surface area contributed by atoms with Gasteiger partial charge in [-0.15, -0.1) is 11.3 Å². The lowest BCUT2D eigenvalue weighted by Gasteiger charge is -2.10. The Labute approximate surface area is 177 Å². The summed E-state index contributed by atoms with van der Waals surface area (Å²) in [5.74, 6) is -0.367. The zero-order valence-corrected chi connectivity index (χ0v) is 18.2. The number of nitriles is 1. The molecule has 3 aromatic heterocycles. The molecule has 0 aliphatic heterocycles. The van der Waals surface area contributed by atoms with Crippen LogP contribution in [0.1, 0.15) is 28.8 Å². The van der Waals surface area contributed by atoms with Crippen molar-refractivity contribution < 1.29 is 4.79 Å². The minimum absolute atomic E-state index is 0.0959. The molecule has 1 N–H and O–H groups in total. The zero-order valence-electron chi connectivity index (χ0n) is 15.8. The number of amides is 1. The third-order valence-corrected chi connectivity index (χ3v) is 6.94. The standard InChI is InChI=1S/C18H17BrN6O3S/c1-23-15-13(16(27)24(2)18(23)28)22-17(19)25(15)8-12(26)21-14-10(7-20)9-5-3-4-6-11(9)29-14/h3-6,8H2,1-2H3,(H,21,26). The number of carbonyl (C=O) groups excluding carboxylic acids is 1. The van der Waals surface area contributed by atoms with E-state index in [0.29, 0.717) is 10.6 Å². The van der Waals surface area contributed by atoms with Gasteiger partial charge >= 0.3 is 5.69 Å². The molecule has 0 radical (unpaired) electrons. The number of halogens is 1. The predicted molar refractivity (Wildman–Crippen MR) is 112 cm³/mol. The molecule has 0 aromatic carbocycles. The van der Waals surface area contributed by atoms with E-state index in [9.17, 15) is 19.6 Å². The van der Waals surface area contributed by atoms with Crippen LogP contribution in [0.3, 0.4) is 0 Å². The molecule has 0 saturated heterocycles. The summed E-state index contributed by atoms with van der Waals surface area (Å²) in [5, 5.41) is 12.9. The van der Waals surface area contributed by atoms with Gasteiger partial charge in [0, 0.05) is 19.0 Å². The summed E-state index contributed by atoms with van der Waals surface area (Å²) in [6.07, 6.45) is 3.91. The van der Waals surface area contributed by atoms with Gasteiger partial charge in [0.1, 0.15) is 17.6 Å². The summed E-state index contributed by atoms with van der Waals surface area (Å²) in [6.45, 7) is -0.162. The van der Waals surface area contributed by atoms with Crippen LogP contribution in [0.2, 0.25) is 0 Å². The molecule has 0 unspecified atom stereocenters. The van der Waals surface area contributed by atoms with Crippen LogP contribution in [0.4, 0.5) is 5.00 Å². The first-order chi connectivity index (χ1) is 13.8. The van der Waals surface area contributed by atoms with Crippen LogP contribution in [0.5, 0.6) is 0 Å². The van der Waals surface area contributed by atoms with Crippen LogP contribution < -0.4 is 16.6 Å². The number of anilines is 1. The molecule has 4 rings (SSSR count). The summed E-state index contributed by atoms with van der Waals surface area (Å²) in [5.41, 5.74) is 0.896. The number of nitrogens with one attached hydrogen (secondary N) is 1. The van der Waals surface area contributed by atoms with Crippen molar-refractivity contribution >= 4 is 49.3 Å². The van der Waals surface area contributed by atoms with Crippen molar-refractivity contribution in [2.75, 3.05) is 5.32 Å². The van der Waals surface area contributed by atoms with Crippen molar-refractivity contribution in [2.24, 2.45) is 14.1 Å². The molecule has 9 nitrogen and oxygen atoms in total. The molecule has 1 aliphatic carbocycles. The van der Waals surface area contributed by atoms with Crippen LogP contribution >= 0.6 is 27.3 Å². The van der Waals surface area contributed by atoms with Gasteiger partial charge in [-0.25, -0.2) is 9.78 Å². The lowest BCUT2D eigenvalue weighted by molar-refractivity contribution is -0.116. The lowest BCUT2D eigenvalue weighted by Crippen LogP contribution is -2.37. The second-order valence-electron chi connectivity index (χ2n) is 6.92. The maximum atomic E-state index is 12.8. The van der Waals surface area contributed by atoms with Gasteiger partial charge in [-0.1, -0.05) is 0 Å². The molecule has 1 aliphatic rings. The van der Waals surface area contributed by atoms with E-state index in [1.807, 2.05) is 0 Å². The summed E-state index contributed by atoms with van der Waals surface area (Å²) in [6, 6.07) is 2.22. The summed E-state index contributed by atoms with van der Waals surface area (Å²) < 4.78 is 3.99. The molecular weight excluding hydrogens is 460 g/mol. The first-order valence-corrected chi connectivity index (χ1v) is 10.6. The largest absolute Gasteiger partial charge is 0.332 e. The van der Waals surface area contributed by atoms with Gasteiger partial charge in [-0.3, -0.25) is 23.3 Å². The Bertz CT molecular complexity index is 1320. The fourth-order valence-electron chi connectivity index (χ4n) is 3.68. The maximum Gasteiger partial charge on any atom is 0.332 e. The van der Waals surface area contributed by atoms with Gasteiger partial charge in [-0.05, 0) is 47.2 Å². The Morgan fingerprint density at radius 3 is 2.72 bits per heavy atom. The van der Waals surface area contributed by atoms with Crippen LogP contribution in [0, 0.1) is 11.3 Å². The van der Waals surface area contributed by atoms with E-state index in [1.165, 1.54) is 34.6 Å². The minimum Gasteiger partial charge on any atom is -0.315 e. The molecular formula is C18H17BrN6O3S. The number of rotatable bonds is 3. The average molecular weight is 477 g/mol. The van der Waals surface area contributed by atoms with Gasteiger partial charge in [0.25, 0.3) is 5.56 Å². The Morgan fingerprint density at radius 1 is 1.28 bits per heavy atom. The molecule has 11 heteroatoms. The molecule has 0 atom stereocenters. The highest BCUT2D eigenvalue weighted by molar-refractivity contribution is 9.10. The molecule has 3 aromatic rings. The summed E-state index contributed by atoms with van der Waals surface area (Å²) in [4.78, 5) is 42.7. The molecule has 0 saturated carbocycles. The van der Waals surface area contributed by atoms with E-state index in [2.05, 4.69) is 32.3 Å². The Balaban J connectivity index is 1.70. The topological polar surface area (TPSA) is 115 Å². The normalized spacial score (nSPS) is 13.3. The number of aromatic nitrogens is 4. The van der Waals surface area contributed by atoms with Crippen LogP contribution in [0.15, 0.2) is 14.3 Å². The number of carbonyl (C=O) groups is 1. The molecule has 1 amide bonds. The third kappa shape index (κ3) is 3.12. The zero-order chi connectivity index (χ0) is 20.9. The van der Waals surface area contributed by atoms with Crippen LogP contribution in [-0.4, -0.2) is 24.6 Å². The van der Waals surface area contributed by atoms with E-state index >= 15 is 0 Å². The number of nitrogens with zero attached hydrogens (tertiary/aromatic N) is 5. The maximum absolute atomic E-state index is 12.8. The second-order valence-corrected chi connectivity index (χ2v) is 8.73. The minimum atomic E-state index is -0.527. The van der Waals surface area contributed by atoms with E-state index in [-0.39, 0.29) is 28.3 Å². The molecule has 29 heavy (non-hydrogen) atoms. The van der Waals surface area contributed by atoms with Gasteiger partial charge in [0.05, 0.1) is 5.56 Å². The van der Waals surface area contributed by atoms with E-state index in [0.717, 1.165) is 40.7 Å². The van der Waals surface area contributed by atoms with Crippen molar-refractivity contribution in [1.82, 2.24) is 18.7 Å². The molecule has 0 fully saturated rings. The number of fused-ring (bicyclic) bond motifs is 2. The van der Waals surface area contributed by atoms with Crippen molar-refractivity contribution in [1.29, 1.82) is 5.26 Å². The molecule has 150 valence electrons. The fraction of sp³-hybridized carbons (Fsp3) is 0.389. The number of hydrogen-bond donors (Lipinski definition) is 1. The summed E-state index contributed by atoms with van der Waals surface area (Å²) in [7, 11) is 2.90. The molecule has 3 heterocycles. The monoisotopic (exact) mass is 476 g/mol. The third-order valence-electron chi connectivity index (χ3n) is 5.13. The van der Waals surface area contributed by atoms with Crippen molar-refractivity contribution in [3.63, 3.8) is 0 Å². The van der Waals surface area contributed by atoms with Gasteiger partial charge in [0.2, 0.25) is 5.91 Å². The fourth-order valence-corrected chi connectivity index (χ4v) is 5.41. The Hall–Kier alpha value is -2.71. The highest BCUT2D eigenvalue weighted by Gasteiger charge is 2.23. The molecule has 0 spiro atoms. The average Bonchev–Trinajstić information content (AvgIpc) is 3.21. The van der Waals surface area contributed by atoms with Crippen LogP contribution in [-0.2, 0) is 38.3 Å². The first-order valence-electron chi connectivity index (χ1n) is 8.99. The SMILES string of the molecule is Cn1c(=O)c2nc(Br)n(CC(=O)Nc3sc4c(c3C#N)CCCC4)c2n(C)c1=O. The highest BCUT2D eigenvalue weighted by atomic mass is 79.9. The Kier molecular flexibility index (Phi) is 4.92. The van der Waals surface area contributed by atoms with Gasteiger partial charge < -0.3 is 5.32 Å². The van der Waals surface area contributed by atoms with Gasteiger partial charge in [0.15, 0.2) is 15.9 Å². The van der Waals surface area contributed by atoms with Crippen molar-refractivity contribution in [3.05, 3.63) is 41.6 Å². The quantitative estimate of drug-likeness (QED) is 0.577.